The van der Waals surface area contributed by atoms with Crippen LogP contribution >= 0.6 is 0 Å². The van der Waals surface area contributed by atoms with Crippen LogP contribution in [0.15, 0.2) is 30.3 Å². The van der Waals surface area contributed by atoms with Crippen molar-refractivity contribution in [3.8, 4) is 0 Å². The summed E-state index contributed by atoms with van der Waals surface area (Å²) in [4.78, 5) is 22.6. The Morgan fingerprint density at radius 2 is 1.94 bits per heavy atom. The Bertz CT molecular complexity index is 376. The predicted octanol–water partition coefficient (Wildman–Crippen LogP) is 2.28. The summed E-state index contributed by atoms with van der Waals surface area (Å²) in [5.41, 5.74) is 0.914. The molecule has 1 aromatic carbocycles. The molecule has 0 saturated heterocycles. The highest BCUT2D eigenvalue weighted by atomic mass is 16.5. The molecule has 0 aliphatic heterocycles. The first kappa shape index (κ1) is 13.2. The molecule has 0 bridgehead atoms. The molecule has 0 aromatic heterocycles. The fourth-order valence-electron chi connectivity index (χ4n) is 1.33. The lowest BCUT2D eigenvalue weighted by Crippen LogP contribution is -2.38. The molecule has 0 spiro atoms. The molecule has 92 valence electrons. The van der Waals surface area contributed by atoms with Gasteiger partial charge >= 0.3 is 6.09 Å². The van der Waals surface area contributed by atoms with Crippen LogP contribution in [0.3, 0.4) is 0 Å². The second-order valence-electron chi connectivity index (χ2n) is 3.75. The van der Waals surface area contributed by atoms with Gasteiger partial charge < -0.3 is 10.1 Å². The third kappa shape index (κ3) is 4.68. The largest absolute Gasteiger partial charge is 0.445 e. The maximum Gasteiger partial charge on any atom is 0.408 e. The number of rotatable bonds is 5. The Kier molecular flexibility index (Phi) is 5.20. The topological polar surface area (TPSA) is 55.4 Å². The van der Waals surface area contributed by atoms with Crippen molar-refractivity contribution in [1.29, 1.82) is 0 Å². The number of carbonyl (C=O) groups excluding carboxylic acids is 2. The summed E-state index contributed by atoms with van der Waals surface area (Å²) in [7, 11) is 0. The molecule has 4 heteroatoms. The average molecular weight is 235 g/mol. The van der Waals surface area contributed by atoms with Gasteiger partial charge in [-0.05, 0) is 12.5 Å². The standard InChI is InChI=1S/C13H17NO3/c1-3-12(15)10(2)14-13(16)17-9-11-7-5-4-6-8-11/h4-8,10H,3,9H2,1-2H3,(H,14,16). The molecule has 1 atom stereocenters. The summed E-state index contributed by atoms with van der Waals surface area (Å²) in [6.45, 7) is 3.62. The van der Waals surface area contributed by atoms with E-state index in [1.54, 1.807) is 13.8 Å². The van der Waals surface area contributed by atoms with E-state index in [1.165, 1.54) is 0 Å². The number of carbonyl (C=O) groups is 2. The lowest BCUT2D eigenvalue weighted by molar-refractivity contribution is -0.120. The number of Topliss-reactive ketones (excluding diaryl/α,β-unsaturated/α-hetero) is 1. The Morgan fingerprint density at radius 1 is 1.29 bits per heavy atom. The lowest BCUT2D eigenvalue weighted by Gasteiger charge is -2.12. The van der Waals surface area contributed by atoms with Crippen LogP contribution in [0.4, 0.5) is 4.79 Å². The quantitative estimate of drug-likeness (QED) is 0.851. The van der Waals surface area contributed by atoms with Gasteiger partial charge in [0.1, 0.15) is 6.61 Å². The second-order valence-corrected chi connectivity index (χ2v) is 3.75. The zero-order chi connectivity index (χ0) is 12.7. The maximum atomic E-state index is 11.4. The van der Waals surface area contributed by atoms with Crippen molar-refractivity contribution in [2.45, 2.75) is 32.9 Å². The Morgan fingerprint density at radius 3 is 2.53 bits per heavy atom. The maximum absolute atomic E-state index is 11.4. The number of nitrogens with one attached hydrogen (secondary N) is 1. The molecule has 1 aromatic rings. The molecule has 0 radical (unpaired) electrons. The number of ether oxygens (including phenoxy) is 1. The number of ketones is 1. The molecule has 1 rings (SSSR count). The van der Waals surface area contributed by atoms with Crippen LogP contribution < -0.4 is 5.32 Å². The zero-order valence-electron chi connectivity index (χ0n) is 10.1. The van der Waals surface area contributed by atoms with Crippen molar-refractivity contribution in [1.82, 2.24) is 5.32 Å². The highest BCUT2D eigenvalue weighted by molar-refractivity contribution is 5.86. The zero-order valence-corrected chi connectivity index (χ0v) is 10.1. The van der Waals surface area contributed by atoms with E-state index in [4.69, 9.17) is 4.74 Å². The summed E-state index contributed by atoms with van der Waals surface area (Å²) in [5, 5.41) is 2.49. The SMILES string of the molecule is CCC(=O)C(C)NC(=O)OCc1ccccc1. The van der Waals surface area contributed by atoms with Crippen LogP contribution in [0.5, 0.6) is 0 Å². The van der Waals surface area contributed by atoms with E-state index in [2.05, 4.69) is 5.32 Å². The molecule has 0 aliphatic carbocycles. The van der Waals surface area contributed by atoms with Gasteiger partial charge in [0.15, 0.2) is 5.78 Å². The fraction of sp³-hybridized carbons (Fsp3) is 0.385. The van der Waals surface area contributed by atoms with Gasteiger partial charge in [0, 0.05) is 6.42 Å². The Balaban J connectivity index is 2.33. The third-order valence-corrected chi connectivity index (χ3v) is 2.38. The summed E-state index contributed by atoms with van der Waals surface area (Å²) in [6.07, 6.45) is -0.164. The third-order valence-electron chi connectivity index (χ3n) is 2.38. The van der Waals surface area contributed by atoms with Gasteiger partial charge in [-0.1, -0.05) is 37.3 Å². The highest BCUT2D eigenvalue weighted by Gasteiger charge is 2.14. The molecule has 1 amide bonds. The monoisotopic (exact) mass is 235 g/mol. The van der Waals surface area contributed by atoms with Crippen molar-refractivity contribution in [3.05, 3.63) is 35.9 Å². The number of alkyl carbamates (subject to hydrolysis) is 1. The Labute approximate surface area is 101 Å². The first-order valence-corrected chi connectivity index (χ1v) is 5.63. The molecule has 17 heavy (non-hydrogen) atoms. The summed E-state index contributed by atoms with van der Waals surface area (Å²) in [5.74, 6) is -0.0124. The first-order chi connectivity index (χ1) is 8.13. The van der Waals surface area contributed by atoms with Crippen LogP contribution in [-0.4, -0.2) is 17.9 Å². The van der Waals surface area contributed by atoms with Crippen molar-refractivity contribution < 1.29 is 14.3 Å². The van der Waals surface area contributed by atoms with Crippen molar-refractivity contribution in [2.24, 2.45) is 0 Å². The van der Waals surface area contributed by atoms with E-state index in [0.717, 1.165) is 5.56 Å². The van der Waals surface area contributed by atoms with Crippen molar-refractivity contribution >= 4 is 11.9 Å². The molecular weight excluding hydrogens is 218 g/mol. The van der Waals surface area contributed by atoms with Gasteiger partial charge in [-0.15, -0.1) is 0 Å². The van der Waals surface area contributed by atoms with E-state index >= 15 is 0 Å². The molecule has 1 N–H and O–H groups in total. The van der Waals surface area contributed by atoms with Gasteiger partial charge in [0.05, 0.1) is 6.04 Å². The predicted molar refractivity (Wildman–Crippen MR) is 64.5 cm³/mol. The van der Waals surface area contributed by atoms with Crippen LogP contribution in [-0.2, 0) is 16.1 Å². The van der Waals surface area contributed by atoms with Crippen LogP contribution in [0.1, 0.15) is 25.8 Å². The fourth-order valence-corrected chi connectivity index (χ4v) is 1.33. The van der Waals surface area contributed by atoms with Gasteiger partial charge in [0.2, 0.25) is 0 Å². The van der Waals surface area contributed by atoms with E-state index < -0.39 is 12.1 Å². The molecular formula is C13H17NO3. The van der Waals surface area contributed by atoms with Gasteiger partial charge in [0.25, 0.3) is 0 Å². The highest BCUT2D eigenvalue weighted by Crippen LogP contribution is 2.01. The summed E-state index contributed by atoms with van der Waals surface area (Å²) >= 11 is 0. The number of amides is 1. The van der Waals surface area contributed by atoms with Crippen LogP contribution in [0.2, 0.25) is 0 Å². The normalized spacial score (nSPS) is 11.6. The Hall–Kier alpha value is -1.84. The number of hydrogen-bond acceptors (Lipinski definition) is 3. The van der Waals surface area contributed by atoms with E-state index in [-0.39, 0.29) is 12.4 Å². The molecule has 0 aliphatic rings. The van der Waals surface area contributed by atoms with Crippen LogP contribution in [0, 0.1) is 0 Å². The molecule has 0 fully saturated rings. The molecule has 4 nitrogen and oxygen atoms in total. The molecule has 0 heterocycles. The minimum Gasteiger partial charge on any atom is -0.445 e. The van der Waals surface area contributed by atoms with Gasteiger partial charge in [-0.25, -0.2) is 4.79 Å². The average Bonchev–Trinajstić information content (AvgIpc) is 2.36. The number of benzene rings is 1. The first-order valence-electron chi connectivity index (χ1n) is 5.63. The summed E-state index contributed by atoms with van der Waals surface area (Å²) in [6, 6.07) is 8.89. The lowest BCUT2D eigenvalue weighted by atomic mass is 10.2. The van der Waals surface area contributed by atoms with Crippen LogP contribution in [0.25, 0.3) is 0 Å². The van der Waals surface area contributed by atoms with E-state index in [1.807, 2.05) is 30.3 Å². The minimum atomic E-state index is -0.567. The number of hydrogen-bond donors (Lipinski definition) is 1. The second kappa shape index (κ2) is 6.68. The summed E-state index contributed by atoms with van der Waals surface area (Å²) < 4.78 is 4.99. The van der Waals surface area contributed by atoms with Crippen molar-refractivity contribution in [2.75, 3.05) is 0 Å². The molecule has 1 unspecified atom stereocenters. The van der Waals surface area contributed by atoms with Crippen molar-refractivity contribution in [3.63, 3.8) is 0 Å². The molecule has 0 saturated carbocycles. The minimum absolute atomic E-state index is 0.0124. The van der Waals surface area contributed by atoms with E-state index in [0.29, 0.717) is 6.42 Å². The van der Waals surface area contributed by atoms with Gasteiger partial charge in [-0.3, -0.25) is 4.79 Å². The van der Waals surface area contributed by atoms with Gasteiger partial charge in [-0.2, -0.15) is 0 Å². The van der Waals surface area contributed by atoms with E-state index in [9.17, 15) is 9.59 Å². The smallest absolute Gasteiger partial charge is 0.408 e.